The number of aryl methyl sites for hydroxylation is 1. The molecule has 1 N–H and O–H groups in total. The number of halogens is 1. The first-order valence-corrected chi connectivity index (χ1v) is 6.32. The highest BCUT2D eigenvalue weighted by atomic mass is 35.5. The fourth-order valence-electron chi connectivity index (χ4n) is 1.76. The third-order valence-corrected chi connectivity index (χ3v) is 3.40. The average Bonchev–Trinajstić information content (AvgIpc) is 2.80. The predicted molar refractivity (Wildman–Crippen MR) is 71.5 cm³/mol. The number of benzene rings is 1. The van der Waals surface area contributed by atoms with Crippen LogP contribution in [0.15, 0.2) is 24.5 Å². The summed E-state index contributed by atoms with van der Waals surface area (Å²) in [5, 5.41) is 14.5. The van der Waals surface area contributed by atoms with Gasteiger partial charge in [0.1, 0.15) is 6.33 Å². The Morgan fingerprint density at radius 2 is 2.22 bits per heavy atom. The van der Waals surface area contributed by atoms with Crippen molar-refractivity contribution in [2.75, 3.05) is 0 Å². The normalized spacial score (nSPS) is 12.7. The van der Waals surface area contributed by atoms with Gasteiger partial charge in [-0.05, 0) is 25.0 Å². The van der Waals surface area contributed by atoms with Crippen molar-refractivity contribution in [3.05, 3.63) is 35.1 Å². The quantitative estimate of drug-likeness (QED) is 0.925. The Hall–Kier alpha value is -1.39. The Balaban J connectivity index is 2.39. The van der Waals surface area contributed by atoms with Crippen molar-refractivity contribution < 1.29 is 5.11 Å². The van der Waals surface area contributed by atoms with Crippen molar-refractivity contribution in [3.8, 4) is 11.4 Å². The summed E-state index contributed by atoms with van der Waals surface area (Å²) < 4.78 is 1.69. The maximum Gasteiger partial charge on any atom is 0.159 e. The van der Waals surface area contributed by atoms with E-state index in [0.29, 0.717) is 23.8 Å². The molecule has 1 unspecified atom stereocenters. The summed E-state index contributed by atoms with van der Waals surface area (Å²) in [5.41, 5.74) is 1.84. The Morgan fingerprint density at radius 3 is 2.94 bits per heavy atom. The van der Waals surface area contributed by atoms with E-state index >= 15 is 0 Å². The van der Waals surface area contributed by atoms with Crippen LogP contribution in [-0.4, -0.2) is 26.0 Å². The average molecular weight is 266 g/mol. The highest BCUT2D eigenvalue weighted by Crippen LogP contribution is 2.28. The molecule has 5 heteroatoms. The highest BCUT2D eigenvalue weighted by Gasteiger charge is 2.14. The monoisotopic (exact) mass is 265 g/mol. The minimum Gasteiger partial charge on any atom is -0.391 e. The molecule has 0 saturated carbocycles. The van der Waals surface area contributed by atoms with Gasteiger partial charge in [-0.25, -0.2) is 9.67 Å². The molecule has 1 aromatic heterocycles. The van der Waals surface area contributed by atoms with E-state index < -0.39 is 6.10 Å². The summed E-state index contributed by atoms with van der Waals surface area (Å²) in [4.78, 5) is 4.23. The summed E-state index contributed by atoms with van der Waals surface area (Å²) >= 11 is 6.28. The maximum absolute atomic E-state index is 9.70. The largest absolute Gasteiger partial charge is 0.391 e. The van der Waals surface area contributed by atoms with Crippen molar-refractivity contribution >= 4 is 11.6 Å². The first-order chi connectivity index (χ1) is 8.63. The Morgan fingerprint density at radius 1 is 1.44 bits per heavy atom. The molecule has 0 aliphatic carbocycles. The summed E-state index contributed by atoms with van der Waals surface area (Å²) in [6, 6.07) is 5.80. The van der Waals surface area contributed by atoms with Crippen molar-refractivity contribution in [3.63, 3.8) is 0 Å². The van der Waals surface area contributed by atoms with Crippen LogP contribution in [0.3, 0.4) is 0 Å². The van der Waals surface area contributed by atoms with E-state index in [1.165, 1.54) is 6.33 Å². The molecule has 1 aromatic carbocycles. The van der Waals surface area contributed by atoms with Crippen LogP contribution in [0.1, 0.15) is 18.9 Å². The highest BCUT2D eigenvalue weighted by molar-refractivity contribution is 6.33. The molecular weight excluding hydrogens is 250 g/mol. The van der Waals surface area contributed by atoms with Crippen LogP contribution >= 0.6 is 11.6 Å². The first-order valence-electron chi connectivity index (χ1n) is 5.94. The number of hydrogen-bond donors (Lipinski definition) is 1. The molecule has 0 radical (unpaired) electrons. The van der Waals surface area contributed by atoms with Gasteiger partial charge in [0.05, 0.1) is 17.7 Å². The van der Waals surface area contributed by atoms with Gasteiger partial charge in [-0.2, -0.15) is 5.10 Å². The van der Waals surface area contributed by atoms with E-state index in [4.69, 9.17) is 11.6 Å². The van der Waals surface area contributed by atoms with Gasteiger partial charge in [-0.15, -0.1) is 0 Å². The topological polar surface area (TPSA) is 50.9 Å². The molecule has 1 heterocycles. The fourth-order valence-corrected chi connectivity index (χ4v) is 1.97. The number of aliphatic hydroxyl groups excluding tert-OH is 1. The maximum atomic E-state index is 9.70. The van der Waals surface area contributed by atoms with Crippen LogP contribution in [0.4, 0.5) is 0 Å². The van der Waals surface area contributed by atoms with Crippen molar-refractivity contribution in [2.24, 2.45) is 0 Å². The van der Waals surface area contributed by atoms with Crippen molar-refractivity contribution in [1.82, 2.24) is 14.8 Å². The van der Waals surface area contributed by atoms with E-state index in [1.54, 1.807) is 4.68 Å². The SMILES string of the molecule is CCC(O)Cn1ncnc1-c1cccc(C)c1Cl. The number of rotatable bonds is 4. The van der Waals surface area contributed by atoms with Crippen LogP contribution in [0.5, 0.6) is 0 Å². The summed E-state index contributed by atoms with van der Waals surface area (Å²) in [6.07, 6.45) is 1.74. The summed E-state index contributed by atoms with van der Waals surface area (Å²) in [7, 11) is 0. The van der Waals surface area contributed by atoms with E-state index in [-0.39, 0.29) is 0 Å². The van der Waals surface area contributed by atoms with Gasteiger partial charge in [0.2, 0.25) is 0 Å². The second kappa shape index (κ2) is 5.50. The molecule has 0 saturated heterocycles. The number of aromatic nitrogens is 3. The zero-order valence-electron chi connectivity index (χ0n) is 10.5. The zero-order chi connectivity index (χ0) is 13.1. The van der Waals surface area contributed by atoms with Crippen LogP contribution in [0.2, 0.25) is 5.02 Å². The summed E-state index contributed by atoms with van der Waals surface area (Å²) in [6.45, 7) is 4.31. The van der Waals surface area contributed by atoms with E-state index in [9.17, 15) is 5.11 Å². The van der Waals surface area contributed by atoms with Gasteiger partial charge in [0.15, 0.2) is 5.82 Å². The van der Waals surface area contributed by atoms with E-state index in [1.807, 2.05) is 32.0 Å². The molecule has 0 spiro atoms. The van der Waals surface area contributed by atoms with Crippen LogP contribution < -0.4 is 0 Å². The summed E-state index contributed by atoms with van der Waals surface area (Å²) in [5.74, 6) is 0.691. The van der Waals surface area contributed by atoms with Gasteiger partial charge in [0.25, 0.3) is 0 Å². The van der Waals surface area contributed by atoms with E-state index in [2.05, 4.69) is 10.1 Å². The third-order valence-electron chi connectivity index (χ3n) is 2.90. The molecule has 0 amide bonds. The molecular formula is C13H16ClN3O. The lowest BCUT2D eigenvalue weighted by atomic mass is 10.1. The van der Waals surface area contributed by atoms with Gasteiger partial charge in [-0.1, -0.05) is 30.7 Å². The van der Waals surface area contributed by atoms with Crippen molar-refractivity contribution in [1.29, 1.82) is 0 Å². The molecule has 2 rings (SSSR count). The van der Waals surface area contributed by atoms with Crippen LogP contribution in [0, 0.1) is 6.92 Å². The molecule has 0 bridgehead atoms. The standard InChI is InChI=1S/C13H16ClN3O/c1-3-10(18)7-17-13(15-8-16-17)11-6-4-5-9(2)12(11)14/h4-6,8,10,18H,3,7H2,1-2H3. The third kappa shape index (κ3) is 2.54. The number of hydrogen-bond acceptors (Lipinski definition) is 3. The van der Waals surface area contributed by atoms with Gasteiger partial charge in [-0.3, -0.25) is 0 Å². The molecule has 1 atom stereocenters. The first kappa shape index (κ1) is 13.1. The smallest absolute Gasteiger partial charge is 0.159 e. The molecule has 2 aromatic rings. The Labute approximate surface area is 111 Å². The van der Waals surface area contributed by atoms with Gasteiger partial charge in [0, 0.05) is 5.56 Å². The van der Waals surface area contributed by atoms with E-state index in [0.717, 1.165) is 11.1 Å². The molecule has 0 aliphatic heterocycles. The lowest BCUT2D eigenvalue weighted by molar-refractivity contribution is 0.146. The molecule has 96 valence electrons. The number of aliphatic hydroxyl groups is 1. The van der Waals surface area contributed by atoms with Gasteiger partial charge >= 0.3 is 0 Å². The molecule has 4 nitrogen and oxygen atoms in total. The molecule has 0 aliphatic rings. The van der Waals surface area contributed by atoms with Crippen molar-refractivity contribution in [2.45, 2.75) is 32.9 Å². The number of nitrogens with zero attached hydrogens (tertiary/aromatic N) is 3. The Bertz CT molecular complexity index is 539. The zero-order valence-corrected chi connectivity index (χ0v) is 11.2. The molecule has 18 heavy (non-hydrogen) atoms. The fraction of sp³-hybridized carbons (Fsp3) is 0.385. The predicted octanol–water partition coefficient (Wildman–Crippen LogP) is 2.68. The minimum absolute atomic E-state index is 0.422. The second-order valence-electron chi connectivity index (χ2n) is 4.26. The van der Waals surface area contributed by atoms with Crippen LogP contribution in [-0.2, 0) is 6.54 Å². The lowest BCUT2D eigenvalue weighted by Crippen LogP contribution is -2.16. The molecule has 0 fully saturated rings. The van der Waals surface area contributed by atoms with Gasteiger partial charge < -0.3 is 5.11 Å². The minimum atomic E-state index is -0.422. The second-order valence-corrected chi connectivity index (χ2v) is 4.64. The lowest BCUT2D eigenvalue weighted by Gasteiger charge is -2.11. The van der Waals surface area contributed by atoms with Crippen LogP contribution in [0.25, 0.3) is 11.4 Å². The Kier molecular flexibility index (Phi) is 3.99.